The number of nitrogens with zero attached hydrogens (tertiary/aromatic N) is 1. The number of hydrogen-bond donors (Lipinski definition) is 1. The molecule has 0 fully saturated rings. The first-order chi connectivity index (χ1) is 6.60. The van der Waals surface area contributed by atoms with Crippen LogP contribution in [-0.2, 0) is 0 Å². The van der Waals surface area contributed by atoms with E-state index in [1.807, 2.05) is 6.07 Å². The van der Waals surface area contributed by atoms with Gasteiger partial charge in [0.2, 0.25) is 0 Å². The second-order valence-corrected chi connectivity index (χ2v) is 3.26. The quantitative estimate of drug-likeness (QED) is 0.480. The molecule has 0 heterocycles. The lowest BCUT2D eigenvalue weighted by Crippen LogP contribution is -2.06. The van der Waals surface area contributed by atoms with Crippen molar-refractivity contribution in [3.05, 3.63) is 28.3 Å². The molecule has 3 nitrogen and oxygen atoms in total. The molecule has 0 aliphatic carbocycles. The fourth-order valence-electron chi connectivity index (χ4n) is 0.985. The van der Waals surface area contributed by atoms with Crippen molar-refractivity contribution in [1.29, 1.82) is 5.26 Å². The molecule has 1 aromatic carbocycles. The zero-order chi connectivity index (χ0) is 10.7. The smallest absolute Gasteiger partial charge is 0.179 e. The average molecular weight is 229 g/mol. The van der Waals surface area contributed by atoms with Crippen molar-refractivity contribution in [2.45, 2.75) is 0 Å². The molecular formula is C9H6Cl2N2O. The summed E-state index contributed by atoms with van der Waals surface area (Å²) in [5.74, 6) is -0.529. The van der Waals surface area contributed by atoms with E-state index < -0.39 is 0 Å². The van der Waals surface area contributed by atoms with Gasteiger partial charge < -0.3 is 5.73 Å². The number of carbonyl (C=O) groups is 1. The first-order valence-corrected chi connectivity index (χ1v) is 4.59. The lowest BCUT2D eigenvalue weighted by atomic mass is 10.1. The van der Waals surface area contributed by atoms with Gasteiger partial charge in [-0.25, -0.2) is 0 Å². The van der Waals surface area contributed by atoms with Crippen molar-refractivity contribution in [3.8, 4) is 6.07 Å². The molecule has 5 heteroatoms. The van der Waals surface area contributed by atoms with Crippen LogP contribution >= 0.6 is 23.2 Å². The summed E-state index contributed by atoms with van der Waals surface area (Å²) in [5, 5.41) is 8.83. The molecule has 0 saturated carbocycles. The molecule has 1 aromatic rings. The molecule has 0 aliphatic rings. The summed E-state index contributed by atoms with van der Waals surface area (Å²) < 4.78 is 0. The summed E-state index contributed by atoms with van der Waals surface area (Å²) in [5.41, 5.74) is 6.21. The number of alkyl halides is 1. The topological polar surface area (TPSA) is 66.9 Å². The number of nitrogens with two attached hydrogens (primary N) is 1. The Hall–Kier alpha value is -1.24. The van der Waals surface area contributed by atoms with E-state index in [0.29, 0.717) is 0 Å². The number of carbonyl (C=O) groups excluding carboxylic acids is 1. The summed E-state index contributed by atoms with van der Waals surface area (Å²) in [7, 11) is 0. The van der Waals surface area contributed by atoms with Crippen molar-refractivity contribution < 1.29 is 4.79 Å². The molecule has 14 heavy (non-hydrogen) atoms. The maximum absolute atomic E-state index is 11.3. The Labute approximate surface area is 91.0 Å². The van der Waals surface area contributed by atoms with Gasteiger partial charge in [-0.15, -0.1) is 11.6 Å². The first-order valence-electron chi connectivity index (χ1n) is 3.68. The van der Waals surface area contributed by atoms with Crippen molar-refractivity contribution >= 4 is 34.7 Å². The predicted octanol–water partition coefficient (Wildman–Crippen LogP) is 2.22. The van der Waals surface area contributed by atoms with Crippen molar-refractivity contribution in [1.82, 2.24) is 0 Å². The first kappa shape index (κ1) is 10.8. The van der Waals surface area contributed by atoms with Gasteiger partial charge in [-0.3, -0.25) is 4.79 Å². The predicted molar refractivity (Wildman–Crippen MR) is 55.6 cm³/mol. The van der Waals surface area contributed by atoms with Crippen LogP contribution < -0.4 is 5.73 Å². The number of Topliss-reactive ketones (excluding diaryl/α,β-unsaturated/α-hetero) is 1. The van der Waals surface area contributed by atoms with Gasteiger partial charge in [0.1, 0.15) is 0 Å². The number of benzene rings is 1. The van der Waals surface area contributed by atoms with Crippen LogP contribution in [0.15, 0.2) is 12.1 Å². The molecule has 0 bridgehead atoms. The summed E-state index contributed by atoms with van der Waals surface area (Å²) in [4.78, 5) is 11.3. The summed E-state index contributed by atoms with van der Waals surface area (Å²) in [6, 6.07) is 4.66. The standard InChI is InChI=1S/C9H6Cl2N2O/c10-3-8(14)6-1-5(4-12)2-7(11)9(6)13/h1-2H,3,13H2. The minimum absolute atomic E-state index is 0.163. The van der Waals surface area contributed by atoms with E-state index in [2.05, 4.69) is 0 Å². The molecule has 0 radical (unpaired) electrons. The molecule has 1 rings (SSSR count). The van der Waals surface area contributed by atoms with Gasteiger partial charge in [0.25, 0.3) is 0 Å². The van der Waals surface area contributed by atoms with E-state index in [1.54, 1.807) is 0 Å². The Kier molecular flexibility index (Phi) is 3.34. The van der Waals surface area contributed by atoms with Crippen LogP contribution in [-0.4, -0.2) is 11.7 Å². The number of ketones is 1. The minimum Gasteiger partial charge on any atom is -0.397 e. The molecular weight excluding hydrogens is 223 g/mol. The molecule has 0 aromatic heterocycles. The van der Waals surface area contributed by atoms with Crippen LogP contribution in [0.1, 0.15) is 15.9 Å². The van der Waals surface area contributed by atoms with Crippen LogP contribution in [0.4, 0.5) is 5.69 Å². The van der Waals surface area contributed by atoms with Crippen LogP contribution in [0.2, 0.25) is 5.02 Å². The highest BCUT2D eigenvalue weighted by Gasteiger charge is 2.12. The largest absolute Gasteiger partial charge is 0.397 e. The Morgan fingerprint density at radius 3 is 2.71 bits per heavy atom. The Morgan fingerprint density at radius 1 is 1.57 bits per heavy atom. The molecule has 0 atom stereocenters. The third kappa shape index (κ3) is 1.98. The van der Waals surface area contributed by atoms with E-state index in [9.17, 15) is 4.79 Å². The van der Waals surface area contributed by atoms with Gasteiger partial charge in [0.15, 0.2) is 5.78 Å². The maximum Gasteiger partial charge on any atom is 0.179 e. The van der Waals surface area contributed by atoms with Crippen LogP contribution in [0.25, 0.3) is 0 Å². The van der Waals surface area contributed by atoms with Crippen LogP contribution in [0.3, 0.4) is 0 Å². The second kappa shape index (κ2) is 4.32. The summed E-state index contributed by atoms with van der Waals surface area (Å²) >= 11 is 11.1. The van der Waals surface area contributed by atoms with Crippen LogP contribution in [0.5, 0.6) is 0 Å². The Bertz CT molecular complexity index is 424. The number of rotatable bonds is 2. The van der Waals surface area contributed by atoms with E-state index >= 15 is 0 Å². The molecule has 0 unspecified atom stereocenters. The Morgan fingerprint density at radius 2 is 2.21 bits per heavy atom. The summed E-state index contributed by atoms with van der Waals surface area (Å²) in [6.45, 7) is 0. The van der Waals surface area contributed by atoms with Crippen molar-refractivity contribution in [2.75, 3.05) is 11.6 Å². The highest BCUT2D eigenvalue weighted by molar-refractivity contribution is 6.35. The maximum atomic E-state index is 11.3. The van der Waals surface area contributed by atoms with Gasteiger partial charge in [-0.05, 0) is 12.1 Å². The third-order valence-corrected chi connectivity index (χ3v) is 2.24. The van der Waals surface area contributed by atoms with Gasteiger partial charge in [0.05, 0.1) is 28.2 Å². The number of halogens is 2. The van der Waals surface area contributed by atoms with Gasteiger partial charge in [0, 0.05) is 5.56 Å². The SMILES string of the molecule is N#Cc1cc(Cl)c(N)c(C(=O)CCl)c1. The van der Waals surface area contributed by atoms with Gasteiger partial charge in [-0.2, -0.15) is 5.26 Å². The fourth-order valence-corrected chi connectivity index (χ4v) is 1.35. The average Bonchev–Trinajstić information content (AvgIpc) is 2.20. The Balaban J connectivity index is 3.36. The van der Waals surface area contributed by atoms with Crippen LogP contribution in [0, 0.1) is 11.3 Å². The minimum atomic E-state index is -0.344. The highest BCUT2D eigenvalue weighted by atomic mass is 35.5. The van der Waals surface area contributed by atoms with Crippen molar-refractivity contribution in [3.63, 3.8) is 0 Å². The zero-order valence-electron chi connectivity index (χ0n) is 7.05. The zero-order valence-corrected chi connectivity index (χ0v) is 8.56. The van der Waals surface area contributed by atoms with E-state index in [1.165, 1.54) is 12.1 Å². The molecule has 72 valence electrons. The normalized spacial score (nSPS) is 9.50. The highest BCUT2D eigenvalue weighted by Crippen LogP contribution is 2.25. The number of hydrogen-bond acceptors (Lipinski definition) is 3. The van der Waals surface area contributed by atoms with E-state index in [4.69, 9.17) is 34.2 Å². The summed E-state index contributed by atoms with van der Waals surface area (Å²) in [6.07, 6.45) is 0. The monoisotopic (exact) mass is 228 g/mol. The molecule has 0 aliphatic heterocycles. The van der Waals surface area contributed by atoms with Gasteiger partial charge >= 0.3 is 0 Å². The number of nitrogen functional groups attached to an aromatic ring is 1. The molecule has 0 saturated heterocycles. The number of nitriles is 1. The van der Waals surface area contributed by atoms with E-state index in [-0.39, 0.29) is 33.5 Å². The number of anilines is 1. The van der Waals surface area contributed by atoms with Crippen molar-refractivity contribution in [2.24, 2.45) is 0 Å². The lowest BCUT2D eigenvalue weighted by molar-refractivity contribution is 0.102. The van der Waals surface area contributed by atoms with E-state index in [0.717, 1.165) is 0 Å². The molecule has 0 spiro atoms. The third-order valence-electron chi connectivity index (χ3n) is 1.68. The van der Waals surface area contributed by atoms with Gasteiger partial charge in [-0.1, -0.05) is 11.6 Å². The second-order valence-electron chi connectivity index (χ2n) is 2.59. The molecule has 0 amide bonds. The fraction of sp³-hybridized carbons (Fsp3) is 0.111. The molecule has 2 N–H and O–H groups in total. The lowest BCUT2D eigenvalue weighted by Gasteiger charge is -2.05.